The van der Waals surface area contributed by atoms with Crippen LogP contribution in [0.25, 0.3) is 0 Å². The molecule has 0 atom stereocenters. The summed E-state index contributed by atoms with van der Waals surface area (Å²) in [6.07, 6.45) is 1.63. The lowest BCUT2D eigenvalue weighted by Crippen LogP contribution is -2.18. The summed E-state index contributed by atoms with van der Waals surface area (Å²) in [5, 5.41) is 9.01. The summed E-state index contributed by atoms with van der Waals surface area (Å²) in [6, 6.07) is 6.58. The van der Waals surface area contributed by atoms with Crippen molar-refractivity contribution in [3.05, 3.63) is 47.4 Å². The number of aryl methyl sites for hydroxylation is 1. The minimum Gasteiger partial charge on any atom is -0.478 e. The second-order valence-corrected chi connectivity index (χ2v) is 4.44. The molecule has 0 aliphatic heterocycles. The lowest BCUT2D eigenvalue weighted by atomic mass is 10.1. The van der Waals surface area contributed by atoms with Crippen molar-refractivity contribution in [2.24, 2.45) is 0 Å². The maximum atomic E-state index is 11.0. The maximum Gasteiger partial charge on any atom is 0.335 e. The van der Waals surface area contributed by atoms with Crippen LogP contribution in [0.2, 0.25) is 0 Å². The first kappa shape index (κ1) is 13.0. The highest BCUT2D eigenvalue weighted by Crippen LogP contribution is 2.25. The Morgan fingerprint density at radius 2 is 2.16 bits per heavy atom. The van der Waals surface area contributed by atoms with Gasteiger partial charge in [0.2, 0.25) is 0 Å². The molecule has 1 aromatic heterocycles. The Bertz CT molecular complexity index is 604. The van der Waals surface area contributed by atoms with E-state index >= 15 is 0 Å². The number of nitrogens with two attached hydrogens (primary N) is 1. The number of anilines is 2. The number of furan rings is 1. The molecule has 2 rings (SSSR count). The van der Waals surface area contributed by atoms with Crippen molar-refractivity contribution in [1.82, 2.24) is 0 Å². The summed E-state index contributed by atoms with van der Waals surface area (Å²) in [5.74, 6) is -0.117. The fourth-order valence-corrected chi connectivity index (χ4v) is 1.92. The van der Waals surface area contributed by atoms with Gasteiger partial charge in [0.25, 0.3) is 0 Å². The SMILES string of the molecule is Cc1occc1CN(C)c1cc(C(=O)O)ccc1N. The Balaban J connectivity index is 2.28. The number of nitrogen functional groups attached to an aromatic ring is 1. The molecule has 0 bridgehead atoms. The maximum absolute atomic E-state index is 11.0. The highest BCUT2D eigenvalue weighted by molar-refractivity contribution is 5.90. The zero-order valence-electron chi connectivity index (χ0n) is 10.9. The highest BCUT2D eigenvalue weighted by atomic mass is 16.4. The van der Waals surface area contributed by atoms with Gasteiger partial charge in [-0.2, -0.15) is 0 Å². The van der Waals surface area contributed by atoms with E-state index in [-0.39, 0.29) is 5.56 Å². The predicted molar refractivity (Wildman–Crippen MR) is 73.4 cm³/mol. The van der Waals surface area contributed by atoms with Gasteiger partial charge in [0.05, 0.1) is 23.2 Å². The Morgan fingerprint density at radius 1 is 1.42 bits per heavy atom. The highest BCUT2D eigenvalue weighted by Gasteiger charge is 2.12. The Kier molecular flexibility index (Phi) is 3.46. The molecular formula is C14H16N2O3. The van der Waals surface area contributed by atoms with Gasteiger partial charge < -0.3 is 20.2 Å². The second kappa shape index (κ2) is 5.06. The van der Waals surface area contributed by atoms with E-state index in [2.05, 4.69) is 0 Å². The lowest BCUT2D eigenvalue weighted by Gasteiger charge is -2.21. The van der Waals surface area contributed by atoms with Gasteiger partial charge in [-0.1, -0.05) is 0 Å². The lowest BCUT2D eigenvalue weighted by molar-refractivity contribution is 0.0697. The molecule has 2 aromatic rings. The number of aromatic carboxylic acids is 1. The van der Waals surface area contributed by atoms with Crippen LogP contribution in [-0.2, 0) is 6.54 Å². The van der Waals surface area contributed by atoms with Crippen LogP contribution in [0.5, 0.6) is 0 Å². The van der Waals surface area contributed by atoms with Crippen molar-refractivity contribution < 1.29 is 14.3 Å². The predicted octanol–water partition coefficient (Wildman–Crippen LogP) is 2.50. The van der Waals surface area contributed by atoms with Gasteiger partial charge in [-0.15, -0.1) is 0 Å². The van der Waals surface area contributed by atoms with Gasteiger partial charge in [0, 0.05) is 19.2 Å². The summed E-state index contributed by atoms with van der Waals surface area (Å²) in [5.41, 5.74) is 8.41. The second-order valence-electron chi connectivity index (χ2n) is 4.44. The zero-order chi connectivity index (χ0) is 14.0. The molecule has 1 aromatic carbocycles. The third kappa shape index (κ3) is 2.70. The van der Waals surface area contributed by atoms with E-state index in [4.69, 9.17) is 15.3 Å². The van der Waals surface area contributed by atoms with Crippen molar-refractivity contribution >= 4 is 17.3 Å². The summed E-state index contributed by atoms with van der Waals surface area (Å²) >= 11 is 0. The number of nitrogens with zero attached hydrogens (tertiary/aromatic N) is 1. The van der Waals surface area contributed by atoms with Crippen LogP contribution in [-0.4, -0.2) is 18.1 Å². The number of benzene rings is 1. The van der Waals surface area contributed by atoms with Crippen molar-refractivity contribution in [2.75, 3.05) is 17.7 Å². The molecule has 100 valence electrons. The number of carbonyl (C=O) groups is 1. The third-order valence-electron chi connectivity index (χ3n) is 3.06. The van der Waals surface area contributed by atoms with Crippen molar-refractivity contribution in [3.8, 4) is 0 Å². The molecule has 0 unspecified atom stereocenters. The van der Waals surface area contributed by atoms with Gasteiger partial charge in [-0.05, 0) is 31.2 Å². The first-order valence-electron chi connectivity index (χ1n) is 5.86. The fourth-order valence-electron chi connectivity index (χ4n) is 1.92. The molecule has 0 aliphatic carbocycles. The number of carboxylic acids is 1. The van der Waals surface area contributed by atoms with Gasteiger partial charge in [-0.3, -0.25) is 0 Å². The van der Waals surface area contributed by atoms with E-state index in [0.717, 1.165) is 11.3 Å². The van der Waals surface area contributed by atoms with Gasteiger partial charge >= 0.3 is 5.97 Å². The Morgan fingerprint density at radius 3 is 2.74 bits per heavy atom. The molecule has 0 fully saturated rings. The van der Waals surface area contributed by atoms with Crippen LogP contribution >= 0.6 is 0 Å². The van der Waals surface area contributed by atoms with E-state index in [1.165, 1.54) is 6.07 Å². The molecule has 0 spiro atoms. The van der Waals surface area contributed by atoms with Crippen molar-refractivity contribution in [2.45, 2.75) is 13.5 Å². The minimum absolute atomic E-state index is 0.222. The van der Waals surface area contributed by atoms with Crippen molar-refractivity contribution in [1.29, 1.82) is 0 Å². The van der Waals surface area contributed by atoms with Gasteiger partial charge in [-0.25, -0.2) is 4.79 Å². The molecule has 0 amide bonds. The summed E-state index contributed by atoms with van der Waals surface area (Å²) in [4.78, 5) is 12.9. The molecule has 0 aliphatic rings. The Labute approximate surface area is 111 Å². The summed E-state index contributed by atoms with van der Waals surface area (Å²) < 4.78 is 5.24. The molecule has 0 saturated heterocycles. The van der Waals surface area contributed by atoms with Gasteiger partial charge in [0.15, 0.2) is 0 Å². The van der Waals surface area contributed by atoms with E-state index < -0.39 is 5.97 Å². The van der Waals surface area contributed by atoms with E-state index in [9.17, 15) is 4.79 Å². The normalized spacial score (nSPS) is 10.4. The van der Waals surface area contributed by atoms with E-state index in [1.807, 2.05) is 24.9 Å². The van der Waals surface area contributed by atoms with Crippen molar-refractivity contribution in [3.63, 3.8) is 0 Å². The summed E-state index contributed by atoms with van der Waals surface area (Å²) in [7, 11) is 1.86. The Hall–Kier alpha value is -2.43. The number of hydrogen-bond acceptors (Lipinski definition) is 4. The third-order valence-corrected chi connectivity index (χ3v) is 3.06. The minimum atomic E-state index is -0.964. The average Bonchev–Trinajstić information content (AvgIpc) is 2.75. The first-order valence-corrected chi connectivity index (χ1v) is 5.86. The molecule has 0 saturated carbocycles. The average molecular weight is 260 g/mol. The molecule has 1 heterocycles. The quantitative estimate of drug-likeness (QED) is 0.826. The van der Waals surface area contributed by atoms with E-state index in [1.54, 1.807) is 18.4 Å². The smallest absolute Gasteiger partial charge is 0.335 e. The molecule has 5 heteroatoms. The fraction of sp³-hybridized carbons (Fsp3) is 0.214. The van der Waals surface area contributed by atoms with Crippen LogP contribution in [0.1, 0.15) is 21.7 Å². The van der Waals surface area contributed by atoms with Gasteiger partial charge in [0.1, 0.15) is 5.76 Å². The molecule has 19 heavy (non-hydrogen) atoms. The van der Waals surface area contributed by atoms with Crippen LogP contribution in [0.3, 0.4) is 0 Å². The summed E-state index contributed by atoms with van der Waals surface area (Å²) in [6.45, 7) is 2.50. The van der Waals surface area contributed by atoms with E-state index in [0.29, 0.717) is 17.9 Å². The largest absolute Gasteiger partial charge is 0.478 e. The topological polar surface area (TPSA) is 79.7 Å². The monoisotopic (exact) mass is 260 g/mol. The molecule has 3 N–H and O–H groups in total. The standard InChI is InChI=1S/C14H16N2O3/c1-9-11(5-6-19-9)8-16(2)13-7-10(14(17)18)3-4-12(13)15/h3-7H,8,15H2,1-2H3,(H,17,18). The van der Waals surface area contributed by atoms with Crippen LogP contribution < -0.4 is 10.6 Å². The van der Waals surface area contributed by atoms with Crippen LogP contribution in [0.15, 0.2) is 34.9 Å². The van der Waals surface area contributed by atoms with Crippen LogP contribution in [0.4, 0.5) is 11.4 Å². The molecular weight excluding hydrogens is 244 g/mol. The molecule has 5 nitrogen and oxygen atoms in total. The number of carboxylic acid groups (broad SMARTS) is 1. The zero-order valence-corrected chi connectivity index (χ0v) is 10.9. The molecule has 0 radical (unpaired) electrons. The number of hydrogen-bond donors (Lipinski definition) is 2. The number of rotatable bonds is 4. The first-order chi connectivity index (χ1) is 8.99. The van der Waals surface area contributed by atoms with Crippen LogP contribution in [0, 0.1) is 6.92 Å².